The van der Waals surface area contributed by atoms with E-state index < -0.39 is 5.91 Å². The van der Waals surface area contributed by atoms with Gasteiger partial charge in [0.15, 0.2) is 23.8 Å². The zero-order valence-electron chi connectivity index (χ0n) is 20.5. The number of amides is 1. The largest absolute Gasteiger partial charge is 0.493 e. The molecule has 0 atom stereocenters. The van der Waals surface area contributed by atoms with E-state index in [0.717, 1.165) is 48.8 Å². The fourth-order valence-corrected chi connectivity index (χ4v) is 4.13. The highest BCUT2D eigenvalue weighted by Crippen LogP contribution is 2.40. The van der Waals surface area contributed by atoms with E-state index in [1.165, 1.54) is 7.11 Å². The molecule has 0 aliphatic carbocycles. The van der Waals surface area contributed by atoms with Crippen molar-refractivity contribution in [1.29, 1.82) is 0 Å². The molecule has 0 saturated heterocycles. The molecule has 0 unspecified atom stereocenters. The highest BCUT2D eigenvalue weighted by Gasteiger charge is 2.19. The zero-order valence-corrected chi connectivity index (χ0v) is 22.1. The van der Waals surface area contributed by atoms with E-state index in [1.54, 1.807) is 18.2 Å². The summed E-state index contributed by atoms with van der Waals surface area (Å²) in [4.78, 5) is 14.7. The van der Waals surface area contributed by atoms with Crippen LogP contribution in [0.2, 0.25) is 0 Å². The normalized spacial score (nSPS) is 11.6. The van der Waals surface area contributed by atoms with E-state index >= 15 is 0 Å². The van der Waals surface area contributed by atoms with Crippen molar-refractivity contribution in [2.24, 2.45) is 10.2 Å². The third-order valence-corrected chi connectivity index (χ3v) is 6.14. The summed E-state index contributed by atoms with van der Waals surface area (Å²) in [5.74, 6) is 0.386. The van der Waals surface area contributed by atoms with Crippen LogP contribution in [-0.4, -0.2) is 47.3 Å². The van der Waals surface area contributed by atoms with Gasteiger partial charge in [-0.25, -0.2) is 0 Å². The van der Waals surface area contributed by atoms with E-state index in [4.69, 9.17) is 9.47 Å². The molecule has 0 bridgehead atoms. The third kappa shape index (κ3) is 7.05. The summed E-state index contributed by atoms with van der Waals surface area (Å²) in [7, 11) is 1.53. The molecule has 2 aromatic carbocycles. The number of hydrogen-bond acceptors (Lipinski definition) is 6. The number of nitrogens with zero attached hydrogens (tertiary/aromatic N) is 4. The Labute approximate surface area is 214 Å². The summed E-state index contributed by atoms with van der Waals surface area (Å²) >= 11 is 3.49. The maximum absolute atomic E-state index is 12.4. The van der Waals surface area contributed by atoms with Crippen LogP contribution >= 0.6 is 15.9 Å². The van der Waals surface area contributed by atoms with Crippen molar-refractivity contribution >= 4 is 38.4 Å². The zero-order chi connectivity index (χ0) is 25.2. The Morgan fingerprint density at radius 3 is 2.43 bits per heavy atom. The summed E-state index contributed by atoms with van der Waals surface area (Å²) in [6, 6.07) is 12.8. The van der Waals surface area contributed by atoms with Crippen LogP contribution in [0.1, 0.15) is 39.5 Å². The number of carbonyl (C=O) groups excluding carboxylic acids is 1. The van der Waals surface area contributed by atoms with Gasteiger partial charge < -0.3 is 14.6 Å². The lowest BCUT2D eigenvalue weighted by atomic mass is 10.2. The van der Waals surface area contributed by atoms with E-state index in [0.29, 0.717) is 23.6 Å². The Bertz CT molecular complexity index is 1150. The molecule has 3 rings (SSSR count). The molecule has 8 nitrogen and oxygen atoms in total. The summed E-state index contributed by atoms with van der Waals surface area (Å²) in [6.07, 6.45) is 4.38. The molecule has 1 amide bonds. The number of carbonyl (C=O) groups is 1. The number of methoxy groups -OCH3 is 1. The molecule has 0 aliphatic rings. The van der Waals surface area contributed by atoms with Crippen LogP contribution in [-0.2, 0) is 11.5 Å². The Kier molecular flexibility index (Phi) is 10.1. The molecule has 0 fully saturated rings. The molecule has 0 aliphatic heterocycles. The quantitative estimate of drug-likeness (QED) is 0.243. The SMILES string of the molecule is CCCCN(CCCC)Cn1c(O)c(N=NC(=O)COc2ccccc2OC)c2cc(Br)ccc21. The molecule has 1 heterocycles. The second-order valence-electron chi connectivity index (χ2n) is 8.26. The van der Waals surface area contributed by atoms with Crippen molar-refractivity contribution < 1.29 is 19.4 Å². The first-order valence-electron chi connectivity index (χ1n) is 11.9. The molecular weight excluding hydrogens is 512 g/mol. The second kappa shape index (κ2) is 13.3. The van der Waals surface area contributed by atoms with Gasteiger partial charge in [-0.3, -0.25) is 14.3 Å². The van der Waals surface area contributed by atoms with Crippen LogP contribution < -0.4 is 9.47 Å². The lowest BCUT2D eigenvalue weighted by Gasteiger charge is -2.23. The van der Waals surface area contributed by atoms with Crippen LogP contribution in [0, 0.1) is 0 Å². The van der Waals surface area contributed by atoms with Gasteiger partial charge in [0.25, 0.3) is 0 Å². The van der Waals surface area contributed by atoms with Gasteiger partial charge in [-0.1, -0.05) is 54.8 Å². The summed E-state index contributed by atoms with van der Waals surface area (Å²) in [5.41, 5.74) is 1.09. The standard InChI is InChI=1S/C26H33BrN4O4/c1-4-6-14-30(15-7-5-2)18-31-21-13-12-19(27)16-20(21)25(26(31)33)29-28-24(32)17-35-23-11-9-8-10-22(23)34-3/h8-13,16,33H,4-7,14-15,17-18H2,1-3H3. The van der Waals surface area contributed by atoms with Gasteiger partial charge in [0.2, 0.25) is 5.88 Å². The number of rotatable bonds is 13. The number of aromatic hydroxyl groups is 1. The number of azo groups is 1. The number of benzene rings is 2. The number of unbranched alkanes of at least 4 members (excludes halogenated alkanes) is 2. The van der Waals surface area contributed by atoms with Crippen LogP contribution in [0.3, 0.4) is 0 Å². The van der Waals surface area contributed by atoms with Gasteiger partial charge in [-0.15, -0.1) is 10.2 Å². The van der Waals surface area contributed by atoms with E-state index in [2.05, 4.69) is 44.9 Å². The molecule has 35 heavy (non-hydrogen) atoms. The first-order valence-corrected chi connectivity index (χ1v) is 12.7. The monoisotopic (exact) mass is 544 g/mol. The maximum Gasteiger partial charge on any atom is 0.302 e. The van der Waals surface area contributed by atoms with E-state index in [1.807, 2.05) is 28.8 Å². The lowest BCUT2D eigenvalue weighted by Crippen LogP contribution is -2.28. The molecule has 9 heteroatoms. The number of ether oxygens (including phenoxy) is 2. The lowest BCUT2D eigenvalue weighted by molar-refractivity contribution is -0.120. The predicted molar refractivity (Wildman–Crippen MR) is 141 cm³/mol. The summed E-state index contributed by atoms with van der Waals surface area (Å²) in [6.45, 7) is 6.47. The number of hydrogen-bond donors (Lipinski definition) is 1. The Hall–Kier alpha value is -2.91. The minimum atomic E-state index is -0.571. The van der Waals surface area contributed by atoms with E-state index in [-0.39, 0.29) is 18.2 Å². The van der Waals surface area contributed by atoms with Crippen molar-refractivity contribution in [3.05, 3.63) is 46.9 Å². The van der Waals surface area contributed by atoms with Gasteiger partial charge >= 0.3 is 5.91 Å². The van der Waals surface area contributed by atoms with Gasteiger partial charge in [0.1, 0.15) is 0 Å². The molecule has 0 radical (unpaired) electrons. The Balaban J connectivity index is 1.83. The number of aromatic nitrogens is 1. The second-order valence-corrected chi connectivity index (χ2v) is 9.18. The van der Waals surface area contributed by atoms with Crippen LogP contribution in [0.5, 0.6) is 17.4 Å². The topological polar surface area (TPSA) is 88.7 Å². The number of halogens is 1. The smallest absolute Gasteiger partial charge is 0.302 e. The fraction of sp³-hybridized carbons (Fsp3) is 0.423. The van der Waals surface area contributed by atoms with Crippen molar-refractivity contribution in [1.82, 2.24) is 9.47 Å². The number of para-hydroxylation sites is 2. The molecule has 3 aromatic rings. The molecule has 0 spiro atoms. The molecule has 0 saturated carbocycles. The molecule has 1 aromatic heterocycles. The highest BCUT2D eigenvalue weighted by atomic mass is 79.9. The maximum atomic E-state index is 12.4. The predicted octanol–water partition coefficient (Wildman–Crippen LogP) is 6.67. The molecular formula is C26H33BrN4O4. The highest BCUT2D eigenvalue weighted by molar-refractivity contribution is 9.10. The molecule has 1 N–H and O–H groups in total. The van der Waals surface area contributed by atoms with Crippen molar-refractivity contribution in [3.63, 3.8) is 0 Å². The third-order valence-electron chi connectivity index (χ3n) is 5.65. The van der Waals surface area contributed by atoms with Crippen LogP contribution in [0.15, 0.2) is 57.2 Å². The van der Waals surface area contributed by atoms with Gasteiger partial charge in [-0.2, -0.15) is 0 Å². The van der Waals surface area contributed by atoms with Crippen LogP contribution in [0.4, 0.5) is 5.69 Å². The van der Waals surface area contributed by atoms with Crippen molar-refractivity contribution in [2.75, 3.05) is 26.8 Å². The van der Waals surface area contributed by atoms with Gasteiger partial charge in [-0.05, 0) is 56.3 Å². The van der Waals surface area contributed by atoms with Crippen molar-refractivity contribution in [2.45, 2.75) is 46.2 Å². The average molecular weight is 545 g/mol. The number of fused-ring (bicyclic) bond motifs is 1. The summed E-state index contributed by atoms with van der Waals surface area (Å²) < 4.78 is 13.4. The van der Waals surface area contributed by atoms with Crippen molar-refractivity contribution in [3.8, 4) is 17.4 Å². The Morgan fingerprint density at radius 1 is 1.09 bits per heavy atom. The minimum Gasteiger partial charge on any atom is -0.493 e. The Morgan fingerprint density at radius 2 is 1.77 bits per heavy atom. The van der Waals surface area contributed by atoms with Gasteiger partial charge in [0.05, 0.1) is 19.3 Å². The first-order chi connectivity index (χ1) is 17.0. The van der Waals surface area contributed by atoms with Crippen LogP contribution in [0.25, 0.3) is 10.9 Å². The fourth-order valence-electron chi connectivity index (χ4n) is 3.77. The molecule has 188 valence electrons. The minimum absolute atomic E-state index is 0.0155. The first kappa shape index (κ1) is 26.7. The average Bonchev–Trinajstić information content (AvgIpc) is 3.12. The van der Waals surface area contributed by atoms with E-state index in [9.17, 15) is 9.90 Å². The van der Waals surface area contributed by atoms with Gasteiger partial charge in [0, 0.05) is 9.86 Å². The summed E-state index contributed by atoms with van der Waals surface area (Å²) in [5, 5.41) is 19.8.